The highest BCUT2D eigenvalue weighted by Gasteiger charge is 2.25. The van der Waals surface area contributed by atoms with Crippen molar-refractivity contribution in [1.29, 1.82) is 0 Å². The van der Waals surface area contributed by atoms with Gasteiger partial charge in [0.1, 0.15) is 6.10 Å². The first-order valence-electron chi connectivity index (χ1n) is 18.8. The summed E-state index contributed by atoms with van der Waals surface area (Å²) in [5.41, 5.74) is 5.35. The van der Waals surface area contributed by atoms with Gasteiger partial charge in [-0.3, -0.25) is 13.8 Å². The number of rotatable bonds is 35. The second kappa shape index (κ2) is 36.5. The predicted molar refractivity (Wildman–Crippen MR) is 201 cm³/mol. The van der Waals surface area contributed by atoms with Gasteiger partial charge in [-0.15, -0.1) is 0 Å². The van der Waals surface area contributed by atoms with E-state index < -0.39 is 13.9 Å². The third-order valence-corrected chi connectivity index (χ3v) is 8.40. The van der Waals surface area contributed by atoms with Gasteiger partial charge in [-0.2, -0.15) is 0 Å². The summed E-state index contributed by atoms with van der Waals surface area (Å²) in [6.45, 7) is 4.69. The van der Waals surface area contributed by atoms with Crippen molar-refractivity contribution >= 4 is 13.8 Å². The molecule has 0 heterocycles. The molecule has 0 aromatic heterocycles. The molecular formula is C39H70NO7P. The summed E-state index contributed by atoms with van der Waals surface area (Å²) in [7, 11) is -4.28. The predicted octanol–water partition coefficient (Wildman–Crippen LogP) is 10.6. The van der Waals surface area contributed by atoms with Gasteiger partial charge in [0.25, 0.3) is 0 Å². The van der Waals surface area contributed by atoms with Crippen molar-refractivity contribution in [2.24, 2.45) is 5.73 Å². The van der Waals surface area contributed by atoms with Crippen molar-refractivity contribution in [3.05, 3.63) is 60.8 Å². The first-order valence-corrected chi connectivity index (χ1v) is 20.3. The van der Waals surface area contributed by atoms with Crippen LogP contribution in [0.1, 0.15) is 142 Å². The van der Waals surface area contributed by atoms with Crippen LogP contribution in [0.2, 0.25) is 0 Å². The van der Waals surface area contributed by atoms with Gasteiger partial charge >= 0.3 is 13.8 Å². The average molecular weight is 696 g/mol. The quantitative estimate of drug-likeness (QED) is 0.0291. The number of carbonyl (C=O) groups is 1. The second-order valence-electron chi connectivity index (χ2n) is 12.1. The fraction of sp³-hybridized carbons (Fsp3) is 0.718. The first kappa shape index (κ1) is 46.2. The van der Waals surface area contributed by atoms with Gasteiger partial charge in [-0.25, -0.2) is 4.57 Å². The molecule has 8 nitrogen and oxygen atoms in total. The lowest BCUT2D eigenvalue weighted by Crippen LogP contribution is -2.28. The van der Waals surface area contributed by atoms with Crippen LogP contribution in [-0.2, 0) is 27.9 Å². The number of phosphoric ester groups is 1. The van der Waals surface area contributed by atoms with Gasteiger partial charge in [-0.05, 0) is 77.0 Å². The Bertz CT molecular complexity index is 916. The molecule has 0 aromatic carbocycles. The molecule has 0 saturated carbocycles. The summed E-state index contributed by atoms with van der Waals surface area (Å²) in [6.07, 6.45) is 42.3. The van der Waals surface area contributed by atoms with Crippen molar-refractivity contribution < 1.29 is 32.8 Å². The maximum Gasteiger partial charge on any atom is 0.472 e. The molecule has 2 unspecified atom stereocenters. The molecule has 9 heteroatoms. The summed E-state index contributed by atoms with van der Waals surface area (Å²) in [5.74, 6) is -0.366. The van der Waals surface area contributed by atoms with Crippen LogP contribution in [0.3, 0.4) is 0 Å². The highest BCUT2D eigenvalue weighted by molar-refractivity contribution is 7.47. The molecule has 0 aliphatic carbocycles. The highest BCUT2D eigenvalue weighted by Crippen LogP contribution is 2.43. The fourth-order valence-electron chi connectivity index (χ4n) is 4.69. The van der Waals surface area contributed by atoms with Crippen LogP contribution >= 0.6 is 7.82 Å². The zero-order valence-corrected chi connectivity index (χ0v) is 31.3. The van der Waals surface area contributed by atoms with Gasteiger partial charge in [0, 0.05) is 19.6 Å². The molecule has 0 amide bonds. The molecule has 0 radical (unpaired) electrons. The number of nitrogens with two attached hydrogens (primary N) is 1. The molecule has 3 N–H and O–H groups in total. The number of ether oxygens (including phenoxy) is 2. The second-order valence-corrected chi connectivity index (χ2v) is 13.5. The van der Waals surface area contributed by atoms with E-state index in [2.05, 4.69) is 74.6 Å². The van der Waals surface area contributed by atoms with E-state index in [9.17, 15) is 14.3 Å². The Labute approximate surface area is 293 Å². The van der Waals surface area contributed by atoms with Crippen molar-refractivity contribution in [3.8, 4) is 0 Å². The molecular weight excluding hydrogens is 625 g/mol. The molecule has 0 bridgehead atoms. The maximum atomic E-state index is 12.5. The minimum atomic E-state index is -4.28. The SMILES string of the molecule is CC/C=C\C/C=C\C/C=C\CCCCCC(=O)OC(COCCCCCCCC/C=C\C/C=C\CCCCC)COP(=O)(O)OCCN. The third-order valence-electron chi connectivity index (χ3n) is 7.42. The standard InChI is InChI=1S/C39H70NO7P/c1-3-5-7-9-11-13-15-17-18-19-21-23-25-27-29-31-34-44-36-38(37-46-48(42,43)45-35-33-40)47-39(41)32-30-28-26-24-22-20-16-14-12-10-8-6-4-2/h6,8,11-14,17-18,20,22,38H,3-5,7,9-10,15-16,19,21,23-37,40H2,1-2H3,(H,42,43)/b8-6-,13-11-,14-12-,18-17-,22-20-. The van der Waals surface area contributed by atoms with Crippen LogP contribution in [0.5, 0.6) is 0 Å². The van der Waals surface area contributed by atoms with E-state index in [0.717, 1.165) is 77.0 Å². The lowest BCUT2D eigenvalue weighted by Gasteiger charge is -2.20. The summed E-state index contributed by atoms with van der Waals surface area (Å²) < 4.78 is 33.2. The minimum Gasteiger partial charge on any atom is -0.457 e. The van der Waals surface area contributed by atoms with E-state index in [1.807, 2.05) is 0 Å². The highest BCUT2D eigenvalue weighted by atomic mass is 31.2. The molecule has 2 atom stereocenters. The van der Waals surface area contributed by atoms with Crippen molar-refractivity contribution in [1.82, 2.24) is 0 Å². The van der Waals surface area contributed by atoms with Crippen molar-refractivity contribution in [2.75, 3.05) is 33.0 Å². The zero-order valence-electron chi connectivity index (χ0n) is 30.4. The molecule has 0 rings (SSSR count). The van der Waals surface area contributed by atoms with Crippen LogP contribution in [0.4, 0.5) is 0 Å². The number of allylic oxidation sites excluding steroid dienone is 10. The van der Waals surface area contributed by atoms with Gasteiger partial charge in [0.15, 0.2) is 0 Å². The largest absolute Gasteiger partial charge is 0.472 e. The van der Waals surface area contributed by atoms with E-state index >= 15 is 0 Å². The Hall–Kier alpha value is -1.80. The molecule has 0 saturated heterocycles. The van der Waals surface area contributed by atoms with Gasteiger partial charge in [0.05, 0.1) is 19.8 Å². The smallest absolute Gasteiger partial charge is 0.457 e. The molecule has 0 aliphatic rings. The lowest BCUT2D eigenvalue weighted by atomic mass is 10.1. The fourth-order valence-corrected chi connectivity index (χ4v) is 5.45. The normalized spacial score (nSPS) is 14.3. The molecule has 48 heavy (non-hydrogen) atoms. The van der Waals surface area contributed by atoms with E-state index in [-0.39, 0.29) is 38.8 Å². The minimum absolute atomic E-state index is 0.0907. The first-order chi connectivity index (χ1) is 23.4. The Morgan fingerprint density at radius 1 is 0.646 bits per heavy atom. The molecule has 278 valence electrons. The number of hydrogen-bond donors (Lipinski definition) is 2. The Kier molecular flexibility index (Phi) is 35.1. The number of esters is 1. The summed E-state index contributed by atoms with van der Waals surface area (Å²) in [5, 5.41) is 0. The Balaban J connectivity index is 4.17. The van der Waals surface area contributed by atoms with E-state index in [4.69, 9.17) is 24.3 Å². The van der Waals surface area contributed by atoms with Crippen LogP contribution in [0, 0.1) is 0 Å². The van der Waals surface area contributed by atoms with Gasteiger partial charge < -0.3 is 20.1 Å². The average Bonchev–Trinajstić information content (AvgIpc) is 3.07. The van der Waals surface area contributed by atoms with Crippen LogP contribution in [-0.4, -0.2) is 49.9 Å². The van der Waals surface area contributed by atoms with Crippen molar-refractivity contribution in [3.63, 3.8) is 0 Å². The van der Waals surface area contributed by atoms with E-state index in [1.165, 1.54) is 44.9 Å². The molecule has 0 fully saturated rings. The van der Waals surface area contributed by atoms with Gasteiger partial charge in [-0.1, -0.05) is 120 Å². The third kappa shape index (κ3) is 35.5. The number of hydrogen-bond acceptors (Lipinski definition) is 7. The summed E-state index contributed by atoms with van der Waals surface area (Å²) in [4.78, 5) is 22.3. The number of unbranched alkanes of at least 4 members (excludes halogenated alkanes) is 12. The van der Waals surface area contributed by atoms with E-state index in [1.54, 1.807) is 0 Å². The van der Waals surface area contributed by atoms with Crippen LogP contribution in [0.25, 0.3) is 0 Å². The Morgan fingerprint density at radius 2 is 1.17 bits per heavy atom. The lowest BCUT2D eigenvalue weighted by molar-refractivity contribution is -0.154. The summed E-state index contributed by atoms with van der Waals surface area (Å²) in [6, 6.07) is 0. The molecule has 0 spiro atoms. The van der Waals surface area contributed by atoms with Crippen LogP contribution < -0.4 is 5.73 Å². The molecule has 0 aliphatic heterocycles. The maximum absolute atomic E-state index is 12.5. The monoisotopic (exact) mass is 695 g/mol. The zero-order chi connectivity index (χ0) is 35.2. The Morgan fingerprint density at radius 3 is 1.75 bits per heavy atom. The number of carbonyl (C=O) groups excluding carboxylic acids is 1. The van der Waals surface area contributed by atoms with Gasteiger partial charge in [0.2, 0.25) is 0 Å². The van der Waals surface area contributed by atoms with E-state index in [0.29, 0.717) is 6.61 Å². The van der Waals surface area contributed by atoms with Crippen LogP contribution in [0.15, 0.2) is 60.8 Å². The summed E-state index contributed by atoms with van der Waals surface area (Å²) >= 11 is 0. The topological polar surface area (TPSA) is 117 Å². The molecule has 0 aromatic rings. The van der Waals surface area contributed by atoms with Crippen molar-refractivity contribution in [2.45, 2.75) is 148 Å². The number of phosphoric acid groups is 1.